The first kappa shape index (κ1) is 17.6. The lowest BCUT2D eigenvalue weighted by Crippen LogP contribution is -2.41. The predicted octanol–water partition coefficient (Wildman–Crippen LogP) is 1.75. The van der Waals surface area contributed by atoms with Crippen molar-refractivity contribution in [2.45, 2.75) is 32.7 Å². The molecule has 1 unspecified atom stereocenters. The van der Waals surface area contributed by atoms with Gasteiger partial charge in [-0.05, 0) is 23.6 Å². The largest absolute Gasteiger partial charge is 0.479 e. The Balaban J connectivity index is 2.22. The van der Waals surface area contributed by atoms with E-state index in [1.807, 2.05) is 13.8 Å². The van der Waals surface area contributed by atoms with Crippen LogP contribution in [-0.4, -0.2) is 34.6 Å². The van der Waals surface area contributed by atoms with Crippen molar-refractivity contribution in [1.29, 1.82) is 0 Å². The lowest BCUT2D eigenvalue weighted by molar-refractivity contribution is -0.137. The average molecular weight is 329 g/mol. The Morgan fingerprint density at radius 1 is 1.12 bits per heavy atom. The molecule has 2 N–H and O–H groups in total. The molecule has 0 saturated heterocycles. The summed E-state index contributed by atoms with van der Waals surface area (Å²) in [5.41, 5.74) is -0.281. The molecule has 0 spiro atoms. The SMILES string of the molecule is CC1(C)CC(=O)C(=CC(NC(=O)c2ccccc2)C(=O)O)C(=O)C1. The van der Waals surface area contributed by atoms with E-state index in [2.05, 4.69) is 5.32 Å². The molecule has 1 saturated carbocycles. The van der Waals surface area contributed by atoms with E-state index >= 15 is 0 Å². The van der Waals surface area contributed by atoms with Crippen LogP contribution < -0.4 is 5.32 Å². The first-order chi connectivity index (χ1) is 11.2. The second-order valence-electron chi connectivity index (χ2n) is 6.60. The number of carboxylic acids is 1. The minimum absolute atomic E-state index is 0.143. The van der Waals surface area contributed by atoms with Crippen molar-refractivity contribution in [2.75, 3.05) is 0 Å². The number of nitrogens with one attached hydrogen (secondary N) is 1. The molecule has 126 valence electrons. The summed E-state index contributed by atoms with van der Waals surface area (Å²) in [5, 5.41) is 11.6. The highest BCUT2D eigenvalue weighted by molar-refractivity contribution is 6.22. The van der Waals surface area contributed by atoms with Crippen LogP contribution in [0.5, 0.6) is 0 Å². The zero-order valence-corrected chi connectivity index (χ0v) is 13.5. The third kappa shape index (κ3) is 4.16. The number of Topliss-reactive ketones (excluding diaryl/α,β-unsaturated/α-hetero) is 2. The van der Waals surface area contributed by atoms with E-state index in [0.29, 0.717) is 5.56 Å². The zero-order chi connectivity index (χ0) is 17.9. The predicted molar refractivity (Wildman–Crippen MR) is 86.4 cm³/mol. The lowest BCUT2D eigenvalue weighted by atomic mass is 9.74. The summed E-state index contributed by atoms with van der Waals surface area (Å²) >= 11 is 0. The summed E-state index contributed by atoms with van der Waals surface area (Å²) in [6.45, 7) is 3.62. The monoisotopic (exact) mass is 329 g/mol. The molecule has 0 aliphatic heterocycles. The molecule has 1 atom stereocenters. The molecule has 1 aromatic rings. The van der Waals surface area contributed by atoms with Crippen molar-refractivity contribution in [3.05, 3.63) is 47.5 Å². The normalized spacial score (nSPS) is 18.0. The van der Waals surface area contributed by atoms with Gasteiger partial charge in [-0.2, -0.15) is 0 Å². The molecule has 1 aromatic carbocycles. The maximum Gasteiger partial charge on any atom is 0.330 e. The maximum absolute atomic E-state index is 12.1. The van der Waals surface area contributed by atoms with E-state index in [9.17, 15) is 24.3 Å². The number of allylic oxidation sites excluding steroid dienone is 1. The fourth-order valence-electron chi connectivity index (χ4n) is 2.62. The minimum Gasteiger partial charge on any atom is -0.479 e. The molecule has 1 amide bonds. The Morgan fingerprint density at radius 3 is 2.17 bits per heavy atom. The molecule has 24 heavy (non-hydrogen) atoms. The van der Waals surface area contributed by atoms with Gasteiger partial charge in [0.25, 0.3) is 5.91 Å². The molecule has 6 nitrogen and oxygen atoms in total. The number of rotatable bonds is 4. The summed E-state index contributed by atoms with van der Waals surface area (Å²) in [4.78, 5) is 47.8. The van der Waals surface area contributed by atoms with E-state index in [0.717, 1.165) is 6.08 Å². The van der Waals surface area contributed by atoms with Crippen LogP contribution in [0.15, 0.2) is 42.0 Å². The van der Waals surface area contributed by atoms with Crippen LogP contribution in [0.2, 0.25) is 0 Å². The Morgan fingerprint density at radius 2 is 1.67 bits per heavy atom. The fraction of sp³-hybridized carbons (Fsp3) is 0.333. The molecule has 0 radical (unpaired) electrons. The van der Waals surface area contributed by atoms with E-state index in [1.54, 1.807) is 30.3 Å². The topological polar surface area (TPSA) is 101 Å². The Kier molecular flexibility index (Phi) is 4.97. The Hall–Kier alpha value is -2.76. The second kappa shape index (κ2) is 6.78. The van der Waals surface area contributed by atoms with Gasteiger partial charge in [0.2, 0.25) is 0 Å². The molecule has 2 rings (SSSR count). The van der Waals surface area contributed by atoms with Crippen LogP contribution in [-0.2, 0) is 14.4 Å². The van der Waals surface area contributed by atoms with Crippen molar-refractivity contribution in [3.8, 4) is 0 Å². The highest BCUT2D eigenvalue weighted by Crippen LogP contribution is 2.33. The molecule has 1 aliphatic carbocycles. The van der Waals surface area contributed by atoms with Crippen molar-refractivity contribution in [3.63, 3.8) is 0 Å². The van der Waals surface area contributed by atoms with Gasteiger partial charge in [0.15, 0.2) is 11.6 Å². The number of carbonyl (C=O) groups excluding carboxylic acids is 3. The van der Waals surface area contributed by atoms with Gasteiger partial charge in [0.05, 0.1) is 5.57 Å². The Labute approximate surface area is 139 Å². The number of benzene rings is 1. The first-order valence-corrected chi connectivity index (χ1v) is 7.56. The number of carbonyl (C=O) groups is 4. The number of carboxylic acid groups (broad SMARTS) is 1. The van der Waals surface area contributed by atoms with Crippen LogP contribution >= 0.6 is 0 Å². The molecular formula is C18H19NO5. The highest BCUT2D eigenvalue weighted by Gasteiger charge is 2.36. The second-order valence-corrected chi connectivity index (χ2v) is 6.60. The molecular weight excluding hydrogens is 310 g/mol. The summed E-state index contributed by atoms with van der Waals surface area (Å²) in [7, 11) is 0. The van der Waals surface area contributed by atoms with Crippen LogP contribution in [0.1, 0.15) is 37.0 Å². The fourth-order valence-corrected chi connectivity index (χ4v) is 2.62. The van der Waals surface area contributed by atoms with Gasteiger partial charge in [-0.25, -0.2) is 4.79 Å². The van der Waals surface area contributed by atoms with Crippen molar-refractivity contribution in [2.24, 2.45) is 5.41 Å². The van der Waals surface area contributed by atoms with Gasteiger partial charge in [-0.15, -0.1) is 0 Å². The van der Waals surface area contributed by atoms with Crippen molar-refractivity contribution in [1.82, 2.24) is 5.32 Å². The van der Waals surface area contributed by atoms with E-state index in [1.165, 1.54) is 0 Å². The number of amides is 1. The molecule has 6 heteroatoms. The van der Waals surface area contributed by atoms with E-state index < -0.39 is 34.9 Å². The molecule has 1 aliphatic rings. The quantitative estimate of drug-likeness (QED) is 0.647. The van der Waals surface area contributed by atoms with Gasteiger partial charge in [-0.3, -0.25) is 14.4 Å². The number of ketones is 2. The average Bonchev–Trinajstić information content (AvgIpc) is 2.49. The summed E-state index contributed by atoms with van der Waals surface area (Å²) in [6, 6.07) is 6.68. The van der Waals surface area contributed by atoms with Gasteiger partial charge in [0, 0.05) is 18.4 Å². The smallest absolute Gasteiger partial charge is 0.330 e. The molecule has 0 aromatic heterocycles. The number of aliphatic carboxylic acids is 1. The summed E-state index contributed by atoms with van der Waals surface area (Å²) in [6.07, 6.45) is 1.39. The minimum atomic E-state index is -1.44. The number of hydrogen-bond donors (Lipinski definition) is 2. The van der Waals surface area contributed by atoms with E-state index in [-0.39, 0.29) is 18.4 Å². The molecule has 0 heterocycles. The standard InChI is InChI=1S/C18H19NO5/c1-18(2)9-14(20)12(15(21)10-18)8-13(17(23)24)19-16(22)11-6-4-3-5-7-11/h3-8,13H,9-10H2,1-2H3,(H,19,22)(H,23,24). The summed E-state index contributed by atoms with van der Waals surface area (Å²) < 4.78 is 0. The first-order valence-electron chi connectivity index (χ1n) is 7.56. The van der Waals surface area contributed by atoms with Gasteiger partial charge in [-0.1, -0.05) is 32.0 Å². The zero-order valence-electron chi connectivity index (χ0n) is 13.5. The van der Waals surface area contributed by atoms with Crippen LogP contribution in [0.4, 0.5) is 0 Å². The van der Waals surface area contributed by atoms with Crippen LogP contribution in [0.3, 0.4) is 0 Å². The molecule has 0 bridgehead atoms. The third-order valence-electron chi connectivity index (χ3n) is 3.80. The highest BCUT2D eigenvalue weighted by atomic mass is 16.4. The maximum atomic E-state index is 12.1. The van der Waals surface area contributed by atoms with Crippen molar-refractivity contribution < 1.29 is 24.3 Å². The van der Waals surface area contributed by atoms with Crippen molar-refractivity contribution >= 4 is 23.4 Å². The third-order valence-corrected chi connectivity index (χ3v) is 3.80. The molecule has 1 fully saturated rings. The van der Waals surface area contributed by atoms with E-state index in [4.69, 9.17) is 0 Å². The van der Waals surface area contributed by atoms with Gasteiger partial charge in [0.1, 0.15) is 6.04 Å². The van der Waals surface area contributed by atoms with Crippen LogP contribution in [0, 0.1) is 5.41 Å². The number of hydrogen-bond acceptors (Lipinski definition) is 4. The summed E-state index contributed by atoms with van der Waals surface area (Å²) in [5.74, 6) is -2.71. The Bertz CT molecular complexity index is 696. The van der Waals surface area contributed by atoms with Crippen LogP contribution in [0.25, 0.3) is 0 Å². The lowest BCUT2D eigenvalue weighted by Gasteiger charge is -2.28. The van der Waals surface area contributed by atoms with Gasteiger partial charge < -0.3 is 10.4 Å². The van der Waals surface area contributed by atoms with Gasteiger partial charge >= 0.3 is 5.97 Å².